The smallest absolute Gasteiger partial charge is 0.222 e. The first kappa shape index (κ1) is 25.2. The first-order valence-corrected chi connectivity index (χ1v) is 11.2. The van der Waals surface area contributed by atoms with E-state index < -0.39 is 0 Å². The highest BCUT2D eigenvalue weighted by atomic mass is 127. The Labute approximate surface area is 202 Å². The highest BCUT2D eigenvalue weighted by molar-refractivity contribution is 14.0. The van der Waals surface area contributed by atoms with E-state index in [1.54, 1.807) is 4.90 Å². The normalized spacial score (nSPS) is 21.3. The average Bonchev–Trinajstić information content (AvgIpc) is 2.72. The Morgan fingerprint density at radius 1 is 1.23 bits per heavy atom. The van der Waals surface area contributed by atoms with Gasteiger partial charge in [-0.2, -0.15) is 0 Å². The number of likely N-dealkylation sites (N-methyl/N-ethyl adjacent to an activating group) is 1. The van der Waals surface area contributed by atoms with Crippen LogP contribution in [0.2, 0.25) is 5.02 Å². The van der Waals surface area contributed by atoms with Crippen LogP contribution in [0.5, 0.6) is 0 Å². The van der Waals surface area contributed by atoms with Gasteiger partial charge in [-0.1, -0.05) is 29.8 Å². The Bertz CT molecular complexity index is 709. The second-order valence-corrected chi connectivity index (χ2v) is 8.59. The molecule has 1 unspecified atom stereocenters. The van der Waals surface area contributed by atoms with E-state index in [0.717, 1.165) is 69.5 Å². The molecular formula is C22H35ClIN5O. The van der Waals surface area contributed by atoms with Gasteiger partial charge in [-0.05, 0) is 56.8 Å². The molecule has 6 nitrogen and oxygen atoms in total. The fourth-order valence-electron chi connectivity index (χ4n) is 4.06. The van der Waals surface area contributed by atoms with Crippen molar-refractivity contribution in [1.29, 1.82) is 0 Å². The topological polar surface area (TPSA) is 60.0 Å². The maximum Gasteiger partial charge on any atom is 0.222 e. The van der Waals surface area contributed by atoms with E-state index in [4.69, 9.17) is 16.6 Å². The van der Waals surface area contributed by atoms with Gasteiger partial charge >= 0.3 is 0 Å². The van der Waals surface area contributed by atoms with Crippen molar-refractivity contribution in [3.8, 4) is 0 Å². The summed E-state index contributed by atoms with van der Waals surface area (Å²) in [6.07, 6.45) is 3.80. The van der Waals surface area contributed by atoms with Crippen LogP contribution >= 0.6 is 35.6 Å². The number of carbonyl (C=O) groups is 1. The fraction of sp³-hybridized carbons (Fsp3) is 0.636. The first-order chi connectivity index (χ1) is 14.0. The highest BCUT2D eigenvalue weighted by Gasteiger charge is 2.24. The highest BCUT2D eigenvalue weighted by Crippen LogP contribution is 2.22. The van der Waals surface area contributed by atoms with Crippen molar-refractivity contribution >= 4 is 47.4 Å². The van der Waals surface area contributed by atoms with Crippen molar-refractivity contribution in [2.24, 2.45) is 10.9 Å². The van der Waals surface area contributed by atoms with Crippen molar-refractivity contribution < 1.29 is 4.79 Å². The first-order valence-electron chi connectivity index (χ1n) is 10.8. The van der Waals surface area contributed by atoms with Crippen LogP contribution in [0.25, 0.3) is 0 Å². The number of piperidine rings is 2. The average molecular weight is 548 g/mol. The molecule has 0 spiro atoms. The van der Waals surface area contributed by atoms with Gasteiger partial charge in [0, 0.05) is 50.7 Å². The third kappa shape index (κ3) is 7.57. The van der Waals surface area contributed by atoms with E-state index in [0.29, 0.717) is 12.3 Å². The largest absolute Gasteiger partial charge is 0.357 e. The molecule has 30 heavy (non-hydrogen) atoms. The van der Waals surface area contributed by atoms with E-state index >= 15 is 0 Å². The van der Waals surface area contributed by atoms with Gasteiger partial charge in [0.1, 0.15) is 0 Å². The van der Waals surface area contributed by atoms with Crippen molar-refractivity contribution in [3.63, 3.8) is 0 Å². The van der Waals surface area contributed by atoms with Crippen molar-refractivity contribution in [2.45, 2.75) is 45.2 Å². The van der Waals surface area contributed by atoms with Gasteiger partial charge in [0.2, 0.25) is 5.91 Å². The summed E-state index contributed by atoms with van der Waals surface area (Å²) in [6, 6.07) is 8.39. The van der Waals surface area contributed by atoms with E-state index in [2.05, 4.69) is 34.6 Å². The molecule has 1 atom stereocenters. The molecule has 2 N–H and O–H groups in total. The summed E-state index contributed by atoms with van der Waals surface area (Å²) in [7, 11) is 1.87. The van der Waals surface area contributed by atoms with Crippen LogP contribution in [-0.4, -0.2) is 67.5 Å². The number of benzene rings is 1. The Kier molecular flexibility index (Phi) is 10.7. The second kappa shape index (κ2) is 12.7. The zero-order valence-corrected chi connectivity index (χ0v) is 21.2. The maximum atomic E-state index is 11.7. The van der Waals surface area contributed by atoms with Crippen molar-refractivity contribution in [3.05, 3.63) is 34.9 Å². The number of carbonyl (C=O) groups excluding carboxylic acids is 1. The fourth-order valence-corrected chi connectivity index (χ4v) is 4.25. The predicted molar refractivity (Wildman–Crippen MR) is 135 cm³/mol. The molecule has 1 aromatic rings. The number of rotatable bonds is 6. The second-order valence-electron chi connectivity index (χ2n) is 8.18. The van der Waals surface area contributed by atoms with Crippen molar-refractivity contribution in [2.75, 3.05) is 39.8 Å². The summed E-state index contributed by atoms with van der Waals surface area (Å²) >= 11 is 6.30. The SMILES string of the molecule is CCNC(=NCC1CCN(Cc2ccccc2Cl)CC1)NC1CCC(=O)N(C)C1.I. The van der Waals surface area contributed by atoms with Crippen LogP contribution < -0.4 is 10.6 Å². The lowest BCUT2D eigenvalue weighted by Crippen LogP contribution is -2.51. The summed E-state index contributed by atoms with van der Waals surface area (Å²) < 4.78 is 0. The van der Waals surface area contributed by atoms with Crippen LogP contribution in [-0.2, 0) is 11.3 Å². The minimum atomic E-state index is 0. The van der Waals surface area contributed by atoms with Crippen LogP contribution in [0, 0.1) is 5.92 Å². The number of halogens is 2. The minimum Gasteiger partial charge on any atom is -0.357 e. The number of aliphatic imine (C=N–C) groups is 1. The van der Waals surface area contributed by atoms with E-state index in [-0.39, 0.29) is 35.9 Å². The molecule has 0 bridgehead atoms. The Hall–Kier alpha value is -1.06. The number of nitrogens with one attached hydrogen (secondary N) is 2. The number of likely N-dealkylation sites (tertiary alicyclic amines) is 2. The lowest BCUT2D eigenvalue weighted by atomic mass is 9.96. The van der Waals surface area contributed by atoms with E-state index in [1.165, 1.54) is 5.56 Å². The minimum absolute atomic E-state index is 0. The molecule has 3 rings (SSSR count). The standard InChI is InChI=1S/C22H34ClN5O.HI/c1-3-24-22(26-19-8-9-21(29)27(2)16-19)25-14-17-10-12-28(13-11-17)15-18-6-4-5-7-20(18)23;/h4-7,17,19H,3,8-16H2,1-2H3,(H2,24,25,26);1H. The molecule has 2 fully saturated rings. The summed E-state index contributed by atoms with van der Waals surface area (Å²) in [4.78, 5) is 20.8. The number of guanidine groups is 1. The lowest BCUT2D eigenvalue weighted by molar-refractivity contribution is -0.132. The Balaban J connectivity index is 0.00000320. The van der Waals surface area contributed by atoms with Gasteiger partial charge in [0.05, 0.1) is 0 Å². The Morgan fingerprint density at radius 3 is 2.63 bits per heavy atom. The molecule has 0 aromatic heterocycles. The van der Waals surface area contributed by atoms with Gasteiger partial charge in [-0.25, -0.2) is 0 Å². The number of amides is 1. The third-order valence-electron chi connectivity index (χ3n) is 5.88. The molecular weight excluding hydrogens is 513 g/mol. The zero-order valence-electron chi connectivity index (χ0n) is 18.1. The Morgan fingerprint density at radius 2 is 1.97 bits per heavy atom. The molecule has 0 aliphatic carbocycles. The molecule has 8 heteroatoms. The summed E-state index contributed by atoms with van der Waals surface area (Å²) in [5.74, 6) is 1.72. The molecule has 2 aliphatic rings. The van der Waals surface area contributed by atoms with Gasteiger partial charge < -0.3 is 15.5 Å². The summed E-state index contributed by atoms with van der Waals surface area (Å²) in [5.41, 5.74) is 1.21. The van der Waals surface area contributed by atoms with Crippen LogP contribution in [0.3, 0.4) is 0 Å². The summed E-state index contributed by atoms with van der Waals surface area (Å²) in [6.45, 7) is 7.61. The predicted octanol–water partition coefficient (Wildman–Crippen LogP) is 3.35. The third-order valence-corrected chi connectivity index (χ3v) is 6.25. The van der Waals surface area contributed by atoms with Gasteiger partial charge in [0.25, 0.3) is 0 Å². The maximum absolute atomic E-state index is 11.7. The van der Waals surface area contributed by atoms with Crippen LogP contribution in [0.15, 0.2) is 29.3 Å². The number of hydrogen-bond donors (Lipinski definition) is 2. The number of nitrogens with zero attached hydrogens (tertiary/aromatic N) is 3. The molecule has 0 saturated carbocycles. The van der Waals surface area contributed by atoms with E-state index in [9.17, 15) is 4.79 Å². The molecule has 2 saturated heterocycles. The molecule has 1 aromatic carbocycles. The number of hydrogen-bond acceptors (Lipinski definition) is 3. The quantitative estimate of drug-likeness (QED) is 0.326. The van der Waals surface area contributed by atoms with E-state index in [1.807, 2.05) is 19.2 Å². The molecule has 2 aliphatic heterocycles. The van der Waals surface area contributed by atoms with Gasteiger partial charge in [-0.3, -0.25) is 14.7 Å². The van der Waals surface area contributed by atoms with Gasteiger partial charge in [0.15, 0.2) is 5.96 Å². The molecule has 0 radical (unpaired) electrons. The monoisotopic (exact) mass is 547 g/mol. The molecule has 1 amide bonds. The van der Waals surface area contributed by atoms with Gasteiger partial charge in [-0.15, -0.1) is 24.0 Å². The zero-order chi connectivity index (χ0) is 20.6. The molecule has 2 heterocycles. The van der Waals surface area contributed by atoms with Crippen molar-refractivity contribution in [1.82, 2.24) is 20.4 Å². The lowest BCUT2D eigenvalue weighted by Gasteiger charge is -2.32. The van der Waals surface area contributed by atoms with Crippen LogP contribution in [0.4, 0.5) is 0 Å². The van der Waals surface area contributed by atoms with Crippen LogP contribution in [0.1, 0.15) is 38.2 Å². The molecule has 168 valence electrons. The summed E-state index contributed by atoms with van der Waals surface area (Å²) in [5, 5.41) is 7.73.